The Morgan fingerprint density at radius 1 is 0.170 bits per heavy atom. The summed E-state index contributed by atoms with van der Waals surface area (Å²) >= 11 is 0. The predicted molar refractivity (Wildman–Crippen MR) is 513 cm³/mol. The van der Waals surface area contributed by atoms with Crippen LogP contribution in [0.3, 0.4) is 0 Å². The summed E-state index contributed by atoms with van der Waals surface area (Å²) in [5, 5.41) is 3.03. The minimum absolute atomic E-state index is 0.00894. The highest BCUT2D eigenvalue weighted by Gasteiger charge is 2.41. The van der Waals surface area contributed by atoms with Crippen LogP contribution in [0.5, 0.6) is 0 Å². The van der Waals surface area contributed by atoms with Crippen molar-refractivity contribution in [2.75, 3.05) is 0 Å². The molecule has 0 atom stereocenters. The number of halogens is 12. The highest BCUT2D eigenvalue weighted by atomic mass is 19.4. The van der Waals surface area contributed by atoms with Crippen molar-refractivity contribution < 1.29 is 52.7 Å². The van der Waals surface area contributed by atoms with Crippen molar-refractivity contribution >= 4 is 43.6 Å². The van der Waals surface area contributed by atoms with Crippen LogP contribution < -0.4 is 0 Å². The third-order valence-electron chi connectivity index (χ3n) is 24.2. The molecule has 8 nitrogen and oxygen atoms in total. The summed E-state index contributed by atoms with van der Waals surface area (Å²) < 4.78 is 189. The van der Waals surface area contributed by atoms with Crippen LogP contribution in [0, 0.1) is 20.8 Å². The molecule has 0 aliphatic heterocycles. The molecule has 0 radical (unpaired) electrons. The molecule has 135 heavy (non-hydrogen) atoms. The fourth-order valence-electron chi connectivity index (χ4n) is 18.1. The zero-order chi connectivity index (χ0) is 93.2. The molecule has 0 N–H and O–H groups in total. The third-order valence-corrected chi connectivity index (χ3v) is 24.2. The van der Waals surface area contributed by atoms with Crippen LogP contribution in [-0.2, 0) is 24.7 Å². The van der Waals surface area contributed by atoms with Crippen LogP contribution in [0.15, 0.2) is 394 Å². The van der Waals surface area contributed by atoms with Crippen LogP contribution in [0.1, 0.15) is 38.9 Å². The lowest BCUT2D eigenvalue weighted by atomic mass is 9.88. The van der Waals surface area contributed by atoms with Gasteiger partial charge in [0.1, 0.15) is 0 Å². The summed E-state index contributed by atoms with van der Waals surface area (Å²) in [5.74, 6) is 1.19. The predicted octanol–water partition coefficient (Wildman–Crippen LogP) is 32.6. The molecule has 20 heteroatoms. The van der Waals surface area contributed by atoms with Gasteiger partial charge in [-0.25, -0.2) is 29.9 Å². The summed E-state index contributed by atoms with van der Waals surface area (Å²) in [5.41, 5.74) is 9.38. The largest absolute Gasteiger partial charge is 0.417 e. The van der Waals surface area contributed by atoms with Gasteiger partial charge >= 0.3 is 24.7 Å². The van der Waals surface area contributed by atoms with E-state index >= 15 is 52.7 Å². The molecule has 0 saturated carbocycles. The van der Waals surface area contributed by atoms with E-state index in [1.54, 1.807) is 34.9 Å². The highest BCUT2D eigenvalue weighted by Crippen LogP contribution is 2.53. The molecular weight excluding hydrogens is 1720 g/mol. The second-order valence-corrected chi connectivity index (χ2v) is 33.1. The number of aryl methyl sites for hydroxylation is 3. The number of alkyl halides is 12. The Labute approximate surface area is 767 Å². The summed E-state index contributed by atoms with van der Waals surface area (Å²) in [4.78, 5) is 29.2. The number of hydrogen-bond acceptors (Lipinski definition) is 6. The number of fused-ring (bicyclic) bond motifs is 6. The van der Waals surface area contributed by atoms with Crippen LogP contribution >= 0.6 is 0 Å². The molecule has 0 spiro atoms. The van der Waals surface area contributed by atoms with Crippen molar-refractivity contribution in [3.05, 3.63) is 433 Å². The second-order valence-electron chi connectivity index (χ2n) is 33.1. The van der Waals surface area contributed by atoms with E-state index in [9.17, 15) is 0 Å². The minimum atomic E-state index is -4.87. The topological polar surface area (TPSA) is 87.2 Å². The van der Waals surface area contributed by atoms with E-state index in [1.165, 1.54) is 72.8 Å². The lowest BCUT2D eigenvalue weighted by Gasteiger charge is -2.24. The smallest absolute Gasteiger partial charge is 0.308 e. The van der Waals surface area contributed by atoms with Gasteiger partial charge in [0.2, 0.25) is 0 Å². The number of rotatable bonds is 15. The Bertz CT molecular complexity index is 7770. The van der Waals surface area contributed by atoms with E-state index in [4.69, 9.17) is 29.9 Å². The fraction of sp³-hybridized carbons (Fsp3) is 0.0609. The van der Waals surface area contributed by atoms with Gasteiger partial charge in [0.05, 0.1) is 55.7 Å². The Kier molecular flexibility index (Phi) is 22.4. The monoisotopic (exact) mass is 1790 g/mol. The number of aromatic nitrogens is 8. The Balaban J connectivity index is 0.000000168. The first-order valence-electron chi connectivity index (χ1n) is 43.3. The van der Waals surface area contributed by atoms with Gasteiger partial charge in [0.15, 0.2) is 34.9 Å². The third kappa shape index (κ3) is 17.0. The van der Waals surface area contributed by atoms with E-state index in [0.717, 1.165) is 95.9 Å². The molecular formula is C115H74F12N8. The Hall–Kier alpha value is -16.5. The molecule has 21 rings (SSSR count). The van der Waals surface area contributed by atoms with E-state index < -0.39 is 47.0 Å². The van der Waals surface area contributed by atoms with Gasteiger partial charge in [-0.1, -0.05) is 320 Å². The molecule has 0 bridgehead atoms. The number of hydrogen-bond donors (Lipinski definition) is 0. The molecule has 4 aromatic heterocycles. The van der Waals surface area contributed by atoms with Crippen LogP contribution in [0.25, 0.3) is 201 Å². The van der Waals surface area contributed by atoms with Gasteiger partial charge in [0.25, 0.3) is 0 Å². The van der Waals surface area contributed by atoms with E-state index in [2.05, 4.69) is 18.2 Å². The van der Waals surface area contributed by atoms with E-state index in [1.807, 2.05) is 274 Å². The van der Waals surface area contributed by atoms with E-state index in [0.29, 0.717) is 44.3 Å². The standard InChI is InChI=1S/C61H40F6N4.C54H34F6N4/c1-37-15-13-21-41(31-37)43-27-29-54-48(33-43)49-34-44(42-22-14-16-38(2)32-42)28-30-55(49)71(54)56-50(46-23-9-11-25-52(46)60(62,63)64)35-45(36-51(56)47-24-10-12-26-53(47)61(65,66)67)59-69-57(39-17-5-3-6-18-39)68-58(70-59)40-19-7-4-8-20-40;1-33-15-14-20-36(29-33)37-27-28-48-42(30-37)41-23-10-13-26-47(41)64(48)49-43(39-21-8-11-24-45(39)53(55,56)57)31-38(32-44(49)40-22-9-12-25-46(40)54(58,59)60)52-62-50(34-16-4-2-5-17-34)61-51(63-52)35-18-6-3-7-19-35/h3-36H,1-2H3;2-32H,1H3. The maximum Gasteiger partial charge on any atom is 0.417 e. The van der Waals surface area contributed by atoms with Gasteiger partial charge in [-0.2, -0.15) is 52.7 Å². The summed E-state index contributed by atoms with van der Waals surface area (Å²) in [6, 6.07) is 113. The maximum absolute atomic E-state index is 15.5. The van der Waals surface area contributed by atoms with Crippen molar-refractivity contribution in [2.24, 2.45) is 0 Å². The Morgan fingerprint density at radius 2 is 0.385 bits per heavy atom. The summed E-state index contributed by atoms with van der Waals surface area (Å²) in [6.07, 6.45) is -19.4. The van der Waals surface area contributed by atoms with Crippen molar-refractivity contribution in [3.8, 4) is 158 Å². The minimum Gasteiger partial charge on any atom is -0.308 e. The molecule has 0 aliphatic carbocycles. The van der Waals surface area contributed by atoms with Crippen molar-refractivity contribution in [3.63, 3.8) is 0 Å². The average molecular weight is 1800 g/mol. The van der Waals surface area contributed by atoms with Crippen molar-refractivity contribution in [2.45, 2.75) is 45.5 Å². The number of nitrogens with zero attached hydrogens (tertiary/aromatic N) is 8. The maximum atomic E-state index is 15.5. The first kappa shape index (κ1) is 86.6. The number of benzene rings is 17. The fourth-order valence-corrected chi connectivity index (χ4v) is 18.1. The van der Waals surface area contributed by atoms with Gasteiger partial charge in [-0.05, 0) is 167 Å². The van der Waals surface area contributed by atoms with Gasteiger partial charge in [0, 0.05) is 77.2 Å². The molecule has 17 aromatic carbocycles. The molecule has 658 valence electrons. The van der Waals surface area contributed by atoms with Gasteiger partial charge in [-0.15, -0.1) is 0 Å². The Morgan fingerprint density at radius 3 is 0.652 bits per heavy atom. The molecule has 0 saturated heterocycles. The zero-order valence-electron chi connectivity index (χ0n) is 72.1. The second kappa shape index (κ2) is 35.0. The molecule has 0 unspecified atom stereocenters. The summed E-state index contributed by atoms with van der Waals surface area (Å²) in [7, 11) is 0. The van der Waals surface area contributed by atoms with Gasteiger partial charge in [-0.3, -0.25) is 0 Å². The first-order chi connectivity index (χ1) is 65.2. The molecule has 4 heterocycles. The highest BCUT2D eigenvalue weighted by molar-refractivity contribution is 6.15. The quantitative estimate of drug-likeness (QED) is 0.0951. The number of para-hydroxylation sites is 1. The molecule has 0 aliphatic rings. The van der Waals surface area contributed by atoms with Crippen molar-refractivity contribution in [1.82, 2.24) is 39.0 Å². The van der Waals surface area contributed by atoms with Crippen molar-refractivity contribution in [1.29, 1.82) is 0 Å². The normalized spacial score (nSPS) is 12.0. The molecule has 0 fully saturated rings. The average Bonchev–Trinajstić information content (AvgIpc) is 1.60. The van der Waals surface area contributed by atoms with Crippen LogP contribution in [0.2, 0.25) is 0 Å². The van der Waals surface area contributed by atoms with Crippen LogP contribution in [-0.4, -0.2) is 39.0 Å². The lowest BCUT2D eigenvalue weighted by molar-refractivity contribution is -0.137. The zero-order valence-corrected chi connectivity index (χ0v) is 72.1. The van der Waals surface area contributed by atoms with E-state index in [-0.39, 0.29) is 102 Å². The molecule has 21 aromatic rings. The summed E-state index contributed by atoms with van der Waals surface area (Å²) in [6.45, 7) is 6.02. The van der Waals surface area contributed by atoms with Gasteiger partial charge < -0.3 is 9.13 Å². The van der Waals surface area contributed by atoms with Crippen LogP contribution in [0.4, 0.5) is 52.7 Å². The first-order valence-corrected chi connectivity index (χ1v) is 43.3. The molecule has 0 amide bonds. The SMILES string of the molecule is Cc1cccc(-c2ccc3c(c2)c2cc(-c4cccc(C)c4)ccc2n3-c2c(-c3ccccc3C(F)(F)F)cc(-c3nc(-c4ccccc4)nc(-c4ccccc4)n3)cc2-c2ccccc2C(F)(F)F)c1.Cc1cccc(-c2ccc3c(c2)c2ccccc2n3-c2c(-c3ccccc3C(F)(F)F)cc(-c3nc(-c4ccccc4)nc(-c4ccccc4)n3)cc2-c2ccccc2C(F)(F)F)c1. The lowest BCUT2D eigenvalue weighted by Crippen LogP contribution is -2.11.